The molecule has 0 N–H and O–H groups in total. The maximum Gasteiger partial charge on any atom is 0.226 e. The summed E-state index contributed by atoms with van der Waals surface area (Å²) in [6.45, 7) is 7.68. The molecule has 0 radical (unpaired) electrons. The second kappa shape index (κ2) is 5.38. The molecule has 1 aliphatic heterocycles. The van der Waals surface area contributed by atoms with Crippen molar-refractivity contribution in [2.75, 3.05) is 13.2 Å². The minimum absolute atomic E-state index is 0.195. The van der Waals surface area contributed by atoms with Crippen molar-refractivity contribution >= 4 is 5.91 Å². The Morgan fingerprint density at radius 2 is 1.71 bits per heavy atom. The number of rotatable bonds is 2. The number of nitrogens with zero attached hydrogens (tertiary/aromatic N) is 1. The van der Waals surface area contributed by atoms with Crippen LogP contribution in [0.1, 0.15) is 46.5 Å². The van der Waals surface area contributed by atoms with Gasteiger partial charge in [-0.2, -0.15) is 0 Å². The number of carbonyl (C=O) groups is 1. The lowest BCUT2D eigenvalue weighted by molar-refractivity contribution is -0.149. The van der Waals surface area contributed by atoms with E-state index in [0.29, 0.717) is 25.0 Å². The van der Waals surface area contributed by atoms with Gasteiger partial charge in [0, 0.05) is 5.92 Å². The van der Waals surface area contributed by atoms with E-state index in [1.165, 1.54) is 25.7 Å². The second-order valence-corrected chi connectivity index (χ2v) is 5.81. The van der Waals surface area contributed by atoms with Crippen molar-refractivity contribution in [3.8, 4) is 0 Å². The van der Waals surface area contributed by atoms with E-state index in [0.717, 1.165) is 0 Å². The van der Waals surface area contributed by atoms with Crippen LogP contribution in [0.25, 0.3) is 0 Å². The van der Waals surface area contributed by atoms with Gasteiger partial charge in [-0.25, -0.2) is 0 Å². The summed E-state index contributed by atoms with van der Waals surface area (Å²) < 4.78 is 5.49. The van der Waals surface area contributed by atoms with Crippen LogP contribution in [0.2, 0.25) is 0 Å². The number of hydrogen-bond donors (Lipinski definition) is 0. The van der Waals surface area contributed by atoms with Crippen molar-refractivity contribution in [1.29, 1.82) is 0 Å². The Morgan fingerprint density at radius 3 is 2.24 bits per heavy atom. The lowest BCUT2D eigenvalue weighted by Crippen LogP contribution is -2.54. The summed E-state index contributed by atoms with van der Waals surface area (Å²) >= 11 is 0. The van der Waals surface area contributed by atoms with E-state index in [4.69, 9.17) is 4.74 Å². The number of hydrogen-bond acceptors (Lipinski definition) is 2. The van der Waals surface area contributed by atoms with E-state index >= 15 is 0 Å². The molecule has 2 aliphatic rings. The molecule has 2 rings (SSSR count). The van der Waals surface area contributed by atoms with Crippen LogP contribution >= 0.6 is 0 Å². The third kappa shape index (κ3) is 2.65. The Labute approximate surface area is 105 Å². The van der Waals surface area contributed by atoms with E-state index in [9.17, 15) is 4.79 Å². The highest BCUT2D eigenvalue weighted by Crippen LogP contribution is 2.33. The van der Waals surface area contributed by atoms with Gasteiger partial charge in [0.2, 0.25) is 5.91 Å². The summed E-state index contributed by atoms with van der Waals surface area (Å²) in [7, 11) is 0. The standard InChI is InChI=1S/C14H25NO2/c1-10-8-17-9-11(2)15(10)14(16)12(3)13-6-4-5-7-13/h10-13H,4-9H2,1-3H3. The minimum atomic E-state index is 0.195. The molecule has 3 heteroatoms. The molecule has 0 spiro atoms. The first kappa shape index (κ1) is 12.9. The lowest BCUT2D eigenvalue weighted by Gasteiger charge is -2.41. The average molecular weight is 239 g/mol. The molecule has 1 amide bonds. The highest BCUT2D eigenvalue weighted by Gasteiger charge is 2.35. The van der Waals surface area contributed by atoms with Gasteiger partial charge in [-0.3, -0.25) is 4.79 Å². The maximum atomic E-state index is 12.6. The van der Waals surface area contributed by atoms with Gasteiger partial charge in [0.15, 0.2) is 0 Å². The minimum Gasteiger partial charge on any atom is -0.377 e. The molecule has 1 aliphatic carbocycles. The monoisotopic (exact) mass is 239 g/mol. The van der Waals surface area contributed by atoms with Crippen LogP contribution in [0.4, 0.5) is 0 Å². The van der Waals surface area contributed by atoms with Crippen molar-refractivity contribution in [3.63, 3.8) is 0 Å². The first-order valence-corrected chi connectivity index (χ1v) is 7.01. The van der Waals surface area contributed by atoms with E-state index in [2.05, 4.69) is 25.7 Å². The topological polar surface area (TPSA) is 29.5 Å². The zero-order chi connectivity index (χ0) is 12.4. The highest BCUT2D eigenvalue weighted by molar-refractivity contribution is 5.79. The Kier molecular flexibility index (Phi) is 4.08. The SMILES string of the molecule is CC(C(=O)N1C(C)COCC1C)C1CCCC1. The third-order valence-electron chi connectivity index (χ3n) is 4.42. The summed E-state index contributed by atoms with van der Waals surface area (Å²) in [4.78, 5) is 14.6. The molecule has 0 aromatic heterocycles. The quantitative estimate of drug-likeness (QED) is 0.741. The Morgan fingerprint density at radius 1 is 1.18 bits per heavy atom. The molecule has 3 unspecified atom stereocenters. The molecule has 3 atom stereocenters. The van der Waals surface area contributed by atoms with Crippen molar-refractivity contribution in [3.05, 3.63) is 0 Å². The number of ether oxygens (including phenoxy) is 1. The average Bonchev–Trinajstić information content (AvgIpc) is 2.81. The van der Waals surface area contributed by atoms with Crippen molar-refractivity contribution in [1.82, 2.24) is 4.90 Å². The Balaban J connectivity index is 2.01. The maximum absolute atomic E-state index is 12.6. The Hall–Kier alpha value is -0.570. The summed E-state index contributed by atoms with van der Waals surface area (Å²) in [5.74, 6) is 1.16. The molecule has 0 bridgehead atoms. The predicted octanol–water partition coefficient (Wildman–Crippen LogP) is 2.45. The van der Waals surface area contributed by atoms with Gasteiger partial charge in [0.1, 0.15) is 0 Å². The number of carbonyl (C=O) groups excluding carboxylic acids is 1. The number of morpholine rings is 1. The molecule has 0 aromatic rings. The summed E-state index contributed by atoms with van der Waals surface area (Å²) in [6, 6.07) is 0.463. The fourth-order valence-electron chi connectivity index (χ4n) is 3.33. The molecule has 98 valence electrons. The van der Waals surface area contributed by atoms with E-state index in [1.807, 2.05) is 0 Å². The van der Waals surface area contributed by atoms with Gasteiger partial charge in [0.25, 0.3) is 0 Å². The van der Waals surface area contributed by atoms with Crippen LogP contribution in [0.3, 0.4) is 0 Å². The predicted molar refractivity (Wildman–Crippen MR) is 67.7 cm³/mol. The van der Waals surface area contributed by atoms with Crippen LogP contribution in [-0.2, 0) is 9.53 Å². The molecular weight excluding hydrogens is 214 g/mol. The van der Waals surface area contributed by atoms with Crippen molar-refractivity contribution in [2.45, 2.75) is 58.5 Å². The summed E-state index contributed by atoms with van der Waals surface area (Å²) in [5, 5.41) is 0. The lowest BCUT2D eigenvalue weighted by atomic mass is 9.90. The van der Waals surface area contributed by atoms with Crippen LogP contribution in [-0.4, -0.2) is 36.1 Å². The first-order valence-electron chi connectivity index (χ1n) is 7.01. The van der Waals surface area contributed by atoms with E-state index in [1.54, 1.807) is 0 Å². The zero-order valence-corrected chi connectivity index (χ0v) is 11.3. The van der Waals surface area contributed by atoms with Crippen LogP contribution in [0, 0.1) is 11.8 Å². The fraction of sp³-hybridized carbons (Fsp3) is 0.929. The van der Waals surface area contributed by atoms with Crippen molar-refractivity contribution < 1.29 is 9.53 Å². The fourth-order valence-corrected chi connectivity index (χ4v) is 3.33. The molecular formula is C14H25NO2. The van der Waals surface area contributed by atoms with Gasteiger partial charge in [0.05, 0.1) is 25.3 Å². The zero-order valence-electron chi connectivity index (χ0n) is 11.3. The van der Waals surface area contributed by atoms with Gasteiger partial charge >= 0.3 is 0 Å². The summed E-state index contributed by atoms with van der Waals surface area (Å²) in [6.07, 6.45) is 5.08. The van der Waals surface area contributed by atoms with E-state index in [-0.39, 0.29) is 18.0 Å². The van der Waals surface area contributed by atoms with Crippen LogP contribution < -0.4 is 0 Å². The largest absolute Gasteiger partial charge is 0.377 e. The molecule has 17 heavy (non-hydrogen) atoms. The first-order chi connectivity index (χ1) is 8.11. The van der Waals surface area contributed by atoms with Crippen molar-refractivity contribution in [2.24, 2.45) is 11.8 Å². The second-order valence-electron chi connectivity index (χ2n) is 5.81. The van der Waals surface area contributed by atoms with E-state index < -0.39 is 0 Å². The van der Waals surface area contributed by atoms with Crippen LogP contribution in [0.15, 0.2) is 0 Å². The van der Waals surface area contributed by atoms with Gasteiger partial charge < -0.3 is 9.64 Å². The highest BCUT2D eigenvalue weighted by atomic mass is 16.5. The third-order valence-corrected chi connectivity index (χ3v) is 4.42. The normalized spacial score (nSPS) is 32.8. The van der Waals surface area contributed by atoms with Crippen LogP contribution in [0.5, 0.6) is 0 Å². The smallest absolute Gasteiger partial charge is 0.226 e. The van der Waals surface area contributed by atoms with Gasteiger partial charge in [-0.05, 0) is 32.6 Å². The summed E-state index contributed by atoms with van der Waals surface area (Å²) in [5.41, 5.74) is 0. The molecule has 0 aromatic carbocycles. The van der Waals surface area contributed by atoms with Gasteiger partial charge in [-0.15, -0.1) is 0 Å². The number of amides is 1. The molecule has 1 saturated carbocycles. The Bertz CT molecular complexity index is 263. The molecule has 1 heterocycles. The molecule has 3 nitrogen and oxygen atoms in total. The van der Waals surface area contributed by atoms with Gasteiger partial charge in [-0.1, -0.05) is 19.8 Å². The molecule has 1 saturated heterocycles. The molecule has 2 fully saturated rings.